The van der Waals surface area contributed by atoms with E-state index in [0.717, 1.165) is 25.7 Å². The van der Waals surface area contributed by atoms with Crippen molar-refractivity contribution < 1.29 is 14.7 Å². The number of carbonyl (C=O) groups excluding carboxylic acids is 1. The second-order valence-electron chi connectivity index (χ2n) is 5.49. The van der Waals surface area contributed by atoms with E-state index in [1.54, 1.807) is 11.9 Å². The highest BCUT2D eigenvalue weighted by molar-refractivity contribution is 5.85. The summed E-state index contributed by atoms with van der Waals surface area (Å²) in [7, 11) is 1.77. The summed E-state index contributed by atoms with van der Waals surface area (Å²) < 4.78 is 0. The van der Waals surface area contributed by atoms with Crippen LogP contribution in [-0.4, -0.2) is 35.5 Å². The van der Waals surface area contributed by atoms with Crippen LogP contribution in [0.1, 0.15) is 39.0 Å². The fraction of sp³-hybridized carbons (Fsp3) is 0.733. The highest BCUT2D eigenvalue weighted by Gasteiger charge is 2.42. The molecule has 1 amide bonds. The molecule has 0 bridgehead atoms. The van der Waals surface area contributed by atoms with Gasteiger partial charge in [0.15, 0.2) is 0 Å². The van der Waals surface area contributed by atoms with E-state index in [1.165, 1.54) is 0 Å². The van der Waals surface area contributed by atoms with Crippen LogP contribution >= 0.6 is 0 Å². The number of amides is 1. The normalized spacial score (nSPS) is 26.1. The van der Waals surface area contributed by atoms with Crippen molar-refractivity contribution in [3.63, 3.8) is 0 Å². The Kier molecular flexibility index (Phi) is 6.06. The fourth-order valence-corrected chi connectivity index (χ4v) is 2.89. The number of rotatable bonds is 7. The molecule has 108 valence electrons. The summed E-state index contributed by atoms with van der Waals surface area (Å²) in [6.45, 7) is 6.39. The quantitative estimate of drug-likeness (QED) is 0.569. The van der Waals surface area contributed by atoms with Crippen molar-refractivity contribution in [2.45, 2.75) is 39.0 Å². The third-order valence-electron chi connectivity index (χ3n) is 4.15. The van der Waals surface area contributed by atoms with Gasteiger partial charge in [-0.2, -0.15) is 0 Å². The standard InChI is InChI=1S/C15H25NO3/c1-4-6-7-8-16(3)14(17)12-9-11(5-2)10-13(12)15(18)19/h4,11-13H,1,5-10H2,2-3H3,(H,18,19). The Hall–Kier alpha value is -1.32. The zero-order chi connectivity index (χ0) is 14.4. The minimum Gasteiger partial charge on any atom is -0.481 e. The number of aliphatic carboxylic acids is 1. The van der Waals surface area contributed by atoms with Crippen LogP contribution in [0.5, 0.6) is 0 Å². The third-order valence-corrected chi connectivity index (χ3v) is 4.15. The Morgan fingerprint density at radius 3 is 2.53 bits per heavy atom. The Morgan fingerprint density at radius 2 is 2.00 bits per heavy atom. The summed E-state index contributed by atoms with van der Waals surface area (Å²) in [6, 6.07) is 0. The summed E-state index contributed by atoms with van der Waals surface area (Å²) in [5.41, 5.74) is 0. The minimum atomic E-state index is -0.825. The van der Waals surface area contributed by atoms with E-state index in [4.69, 9.17) is 0 Å². The lowest BCUT2D eigenvalue weighted by Crippen LogP contribution is -2.37. The van der Waals surface area contributed by atoms with Crippen LogP contribution in [0.2, 0.25) is 0 Å². The molecule has 3 atom stereocenters. The Morgan fingerprint density at radius 1 is 1.37 bits per heavy atom. The van der Waals surface area contributed by atoms with Crippen LogP contribution in [0.4, 0.5) is 0 Å². The van der Waals surface area contributed by atoms with E-state index in [-0.39, 0.29) is 11.8 Å². The fourth-order valence-electron chi connectivity index (χ4n) is 2.89. The van der Waals surface area contributed by atoms with Crippen molar-refractivity contribution in [3.05, 3.63) is 12.7 Å². The molecule has 1 N–H and O–H groups in total. The molecule has 1 aliphatic carbocycles. The van der Waals surface area contributed by atoms with E-state index in [9.17, 15) is 14.7 Å². The van der Waals surface area contributed by atoms with Crippen molar-refractivity contribution in [1.82, 2.24) is 4.90 Å². The lowest BCUT2D eigenvalue weighted by atomic mass is 9.95. The van der Waals surface area contributed by atoms with Gasteiger partial charge >= 0.3 is 5.97 Å². The number of hydrogen-bond donors (Lipinski definition) is 1. The maximum atomic E-state index is 12.4. The average molecular weight is 267 g/mol. The van der Waals surface area contributed by atoms with Crippen LogP contribution in [0, 0.1) is 17.8 Å². The molecule has 1 aliphatic rings. The summed E-state index contributed by atoms with van der Waals surface area (Å²) in [5.74, 6) is -1.30. The molecule has 0 spiro atoms. The number of carbonyl (C=O) groups is 2. The first kappa shape index (κ1) is 15.7. The van der Waals surface area contributed by atoms with Crippen LogP contribution in [-0.2, 0) is 9.59 Å². The van der Waals surface area contributed by atoms with Gasteiger partial charge in [-0.25, -0.2) is 0 Å². The van der Waals surface area contributed by atoms with Gasteiger partial charge in [0.05, 0.1) is 11.8 Å². The average Bonchev–Trinajstić information content (AvgIpc) is 2.82. The maximum Gasteiger partial charge on any atom is 0.307 e. The number of unbranched alkanes of at least 4 members (excludes halogenated alkanes) is 1. The molecule has 4 heteroatoms. The minimum absolute atomic E-state index is 0.00703. The number of carboxylic acids is 1. The molecular weight excluding hydrogens is 242 g/mol. The van der Waals surface area contributed by atoms with Crippen molar-refractivity contribution >= 4 is 11.9 Å². The predicted molar refractivity (Wildman–Crippen MR) is 74.7 cm³/mol. The van der Waals surface area contributed by atoms with E-state index in [1.807, 2.05) is 6.08 Å². The molecular formula is C15H25NO3. The molecule has 3 unspecified atom stereocenters. The van der Waals surface area contributed by atoms with Crippen LogP contribution in [0.3, 0.4) is 0 Å². The van der Waals surface area contributed by atoms with Crippen molar-refractivity contribution in [2.24, 2.45) is 17.8 Å². The van der Waals surface area contributed by atoms with Gasteiger partial charge in [0.25, 0.3) is 0 Å². The summed E-state index contributed by atoms with van der Waals surface area (Å²) in [5, 5.41) is 9.26. The maximum absolute atomic E-state index is 12.4. The first-order chi connectivity index (χ1) is 9.01. The molecule has 1 saturated carbocycles. The first-order valence-corrected chi connectivity index (χ1v) is 7.09. The second-order valence-corrected chi connectivity index (χ2v) is 5.49. The highest BCUT2D eigenvalue weighted by Crippen LogP contribution is 2.39. The number of hydrogen-bond acceptors (Lipinski definition) is 2. The van der Waals surface area contributed by atoms with Gasteiger partial charge in [0, 0.05) is 13.6 Å². The molecule has 0 saturated heterocycles. The van der Waals surface area contributed by atoms with Gasteiger partial charge in [0.2, 0.25) is 5.91 Å². The number of carboxylic acid groups (broad SMARTS) is 1. The molecule has 1 rings (SSSR count). The Balaban J connectivity index is 2.62. The lowest BCUT2D eigenvalue weighted by Gasteiger charge is -2.23. The van der Waals surface area contributed by atoms with Gasteiger partial charge in [-0.05, 0) is 31.6 Å². The topological polar surface area (TPSA) is 57.6 Å². The van der Waals surface area contributed by atoms with Gasteiger partial charge in [-0.15, -0.1) is 6.58 Å². The van der Waals surface area contributed by atoms with Gasteiger partial charge in [0.1, 0.15) is 0 Å². The van der Waals surface area contributed by atoms with Crippen LogP contribution < -0.4 is 0 Å². The molecule has 0 heterocycles. The van der Waals surface area contributed by atoms with E-state index < -0.39 is 11.9 Å². The third kappa shape index (κ3) is 4.08. The summed E-state index contributed by atoms with van der Waals surface area (Å²) >= 11 is 0. The smallest absolute Gasteiger partial charge is 0.307 e. The van der Waals surface area contributed by atoms with Gasteiger partial charge in [-0.3, -0.25) is 9.59 Å². The molecule has 0 aromatic carbocycles. The predicted octanol–water partition coefficient (Wildman–Crippen LogP) is 2.55. The SMILES string of the molecule is C=CCCCN(C)C(=O)C1CC(CC)CC1C(=O)O. The van der Waals surface area contributed by atoms with Gasteiger partial charge in [-0.1, -0.05) is 19.4 Å². The molecule has 0 aliphatic heterocycles. The zero-order valence-corrected chi connectivity index (χ0v) is 12.0. The van der Waals surface area contributed by atoms with E-state index in [0.29, 0.717) is 18.9 Å². The molecule has 0 radical (unpaired) electrons. The number of allylic oxidation sites excluding steroid dienone is 1. The van der Waals surface area contributed by atoms with Crippen LogP contribution in [0.25, 0.3) is 0 Å². The Bertz CT molecular complexity index is 340. The Labute approximate surface area is 115 Å². The van der Waals surface area contributed by atoms with Gasteiger partial charge < -0.3 is 10.0 Å². The molecule has 4 nitrogen and oxygen atoms in total. The largest absolute Gasteiger partial charge is 0.481 e. The molecule has 0 aromatic heterocycles. The zero-order valence-electron chi connectivity index (χ0n) is 12.0. The van der Waals surface area contributed by atoms with Crippen LogP contribution in [0.15, 0.2) is 12.7 Å². The monoisotopic (exact) mass is 267 g/mol. The molecule has 0 aromatic rings. The lowest BCUT2D eigenvalue weighted by molar-refractivity contribution is -0.148. The number of nitrogens with zero attached hydrogens (tertiary/aromatic N) is 1. The van der Waals surface area contributed by atoms with Crippen molar-refractivity contribution in [2.75, 3.05) is 13.6 Å². The summed E-state index contributed by atoms with van der Waals surface area (Å²) in [6.07, 6.45) is 5.91. The van der Waals surface area contributed by atoms with Crippen molar-refractivity contribution in [3.8, 4) is 0 Å². The molecule has 1 fully saturated rings. The van der Waals surface area contributed by atoms with Crippen molar-refractivity contribution in [1.29, 1.82) is 0 Å². The summed E-state index contributed by atoms with van der Waals surface area (Å²) in [4.78, 5) is 25.3. The highest BCUT2D eigenvalue weighted by atomic mass is 16.4. The molecule has 19 heavy (non-hydrogen) atoms. The van der Waals surface area contributed by atoms with E-state index in [2.05, 4.69) is 13.5 Å². The first-order valence-electron chi connectivity index (χ1n) is 7.09. The van der Waals surface area contributed by atoms with E-state index >= 15 is 0 Å². The second kappa shape index (κ2) is 7.31.